The number of aliphatic imine (C=N–C) groups is 1. The molecule has 0 bridgehead atoms. The Morgan fingerprint density at radius 2 is 1.88 bits per heavy atom. The quantitative estimate of drug-likeness (QED) is 0.666. The highest BCUT2D eigenvalue weighted by molar-refractivity contribution is 5.78. The van der Waals surface area contributed by atoms with E-state index in [1.165, 1.54) is 5.56 Å². The van der Waals surface area contributed by atoms with E-state index in [9.17, 15) is 0 Å². The largest absolute Gasteiger partial charge is 0.493 e. The van der Waals surface area contributed by atoms with Crippen molar-refractivity contribution in [2.24, 2.45) is 10.7 Å². The van der Waals surface area contributed by atoms with Gasteiger partial charge in [-0.3, -0.25) is 4.99 Å². The van der Waals surface area contributed by atoms with Crippen LogP contribution in [-0.2, 0) is 0 Å². The number of hydrogen-bond acceptors (Lipinski definition) is 5. The second-order valence-corrected chi connectivity index (χ2v) is 6.59. The molecule has 7 nitrogen and oxygen atoms in total. The molecule has 1 fully saturated rings. The summed E-state index contributed by atoms with van der Waals surface area (Å²) in [6, 6.07) is 10.1. The van der Waals surface area contributed by atoms with Crippen LogP contribution in [0.5, 0.6) is 5.75 Å². The van der Waals surface area contributed by atoms with Crippen LogP contribution in [0, 0.1) is 0 Å². The summed E-state index contributed by atoms with van der Waals surface area (Å²) in [4.78, 5) is 17.6. The average Bonchev–Trinajstić information content (AvgIpc) is 2.73. The highest BCUT2D eigenvalue weighted by atomic mass is 16.5. The lowest BCUT2D eigenvalue weighted by Gasteiger charge is -2.35. The molecule has 4 rings (SSSR count). The van der Waals surface area contributed by atoms with E-state index in [-0.39, 0.29) is 0 Å². The van der Waals surface area contributed by atoms with Crippen molar-refractivity contribution in [2.75, 3.05) is 44.2 Å². The summed E-state index contributed by atoms with van der Waals surface area (Å²) in [5.41, 5.74) is 7.50. The molecule has 0 amide bonds. The Morgan fingerprint density at radius 1 is 1.12 bits per heavy atom. The van der Waals surface area contributed by atoms with Crippen molar-refractivity contribution in [1.29, 1.82) is 0 Å². The maximum Gasteiger partial charge on any atom is 0.225 e. The van der Waals surface area contributed by atoms with E-state index in [4.69, 9.17) is 10.5 Å². The summed E-state index contributed by atoms with van der Waals surface area (Å²) in [6.07, 6.45) is 4.53. The maximum atomic E-state index is 6.26. The Bertz CT molecular complexity index is 758. The van der Waals surface area contributed by atoms with Gasteiger partial charge in [-0.05, 0) is 24.1 Å². The van der Waals surface area contributed by atoms with Gasteiger partial charge in [-0.1, -0.05) is 18.2 Å². The first-order valence-electron chi connectivity index (χ1n) is 9.10. The molecule has 136 valence electrons. The smallest absolute Gasteiger partial charge is 0.225 e. The van der Waals surface area contributed by atoms with Crippen molar-refractivity contribution in [3.63, 3.8) is 0 Å². The molecule has 0 aliphatic carbocycles. The molecular weight excluding hydrogens is 328 g/mol. The van der Waals surface area contributed by atoms with Gasteiger partial charge in [-0.2, -0.15) is 0 Å². The van der Waals surface area contributed by atoms with Crippen LogP contribution in [0.25, 0.3) is 0 Å². The normalized spacial score (nSPS) is 20.5. The molecule has 0 saturated carbocycles. The molecular formula is C19H24N6O. The Kier molecular flexibility index (Phi) is 4.86. The number of guanidine groups is 1. The molecule has 1 saturated heterocycles. The first-order valence-corrected chi connectivity index (χ1v) is 9.10. The summed E-state index contributed by atoms with van der Waals surface area (Å²) >= 11 is 0. The topological polar surface area (TPSA) is 79.9 Å². The fourth-order valence-electron chi connectivity index (χ4n) is 3.50. The van der Waals surface area contributed by atoms with Crippen molar-refractivity contribution in [3.8, 4) is 5.75 Å². The van der Waals surface area contributed by atoms with Gasteiger partial charge < -0.3 is 20.3 Å². The lowest BCUT2D eigenvalue weighted by molar-refractivity contribution is 0.268. The minimum absolute atomic E-state index is 0.373. The second kappa shape index (κ2) is 7.59. The van der Waals surface area contributed by atoms with Crippen LogP contribution in [0.1, 0.15) is 17.9 Å². The molecule has 1 atom stereocenters. The van der Waals surface area contributed by atoms with Gasteiger partial charge in [0.1, 0.15) is 5.75 Å². The third-order valence-corrected chi connectivity index (χ3v) is 5.00. The van der Waals surface area contributed by atoms with Gasteiger partial charge in [0.25, 0.3) is 0 Å². The van der Waals surface area contributed by atoms with Crippen LogP contribution < -0.4 is 15.4 Å². The van der Waals surface area contributed by atoms with E-state index in [0.29, 0.717) is 18.4 Å². The van der Waals surface area contributed by atoms with Crippen LogP contribution in [0.2, 0.25) is 0 Å². The predicted octanol–water partition coefficient (Wildman–Crippen LogP) is 1.48. The van der Waals surface area contributed by atoms with E-state index in [1.54, 1.807) is 12.4 Å². The Hall–Kier alpha value is -2.83. The first kappa shape index (κ1) is 16.6. The second-order valence-electron chi connectivity index (χ2n) is 6.59. The molecule has 2 N–H and O–H groups in total. The van der Waals surface area contributed by atoms with E-state index < -0.39 is 0 Å². The number of para-hydroxylation sites is 1. The number of fused-ring (bicyclic) bond motifs is 1. The summed E-state index contributed by atoms with van der Waals surface area (Å²) < 4.78 is 5.72. The lowest BCUT2D eigenvalue weighted by Crippen LogP contribution is -2.51. The van der Waals surface area contributed by atoms with Crippen molar-refractivity contribution in [2.45, 2.75) is 12.3 Å². The molecule has 2 aliphatic rings. The van der Waals surface area contributed by atoms with Gasteiger partial charge in [0.2, 0.25) is 5.95 Å². The average molecular weight is 352 g/mol. The van der Waals surface area contributed by atoms with Crippen molar-refractivity contribution >= 4 is 11.9 Å². The number of rotatable bonds is 3. The molecule has 1 unspecified atom stereocenters. The zero-order chi connectivity index (χ0) is 17.8. The molecule has 0 spiro atoms. The highest BCUT2D eigenvalue weighted by Crippen LogP contribution is 2.33. The highest BCUT2D eigenvalue weighted by Gasteiger charge is 2.22. The van der Waals surface area contributed by atoms with E-state index in [0.717, 1.165) is 50.9 Å². The number of hydrogen-bond donors (Lipinski definition) is 1. The Morgan fingerprint density at radius 3 is 2.69 bits per heavy atom. The molecule has 1 aromatic carbocycles. The maximum absolute atomic E-state index is 6.26. The summed E-state index contributed by atoms with van der Waals surface area (Å²) in [5.74, 6) is 2.76. The van der Waals surface area contributed by atoms with Gasteiger partial charge >= 0.3 is 0 Å². The summed E-state index contributed by atoms with van der Waals surface area (Å²) in [5, 5.41) is 0. The number of ether oxygens (including phenoxy) is 1. The van der Waals surface area contributed by atoms with Gasteiger partial charge in [-0.25, -0.2) is 9.97 Å². The zero-order valence-electron chi connectivity index (χ0n) is 14.8. The van der Waals surface area contributed by atoms with Crippen molar-refractivity contribution in [3.05, 3.63) is 48.3 Å². The van der Waals surface area contributed by atoms with E-state index >= 15 is 0 Å². The van der Waals surface area contributed by atoms with Gasteiger partial charge in [0.05, 0.1) is 6.61 Å². The third kappa shape index (κ3) is 3.56. The monoisotopic (exact) mass is 352 g/mol. The van der Waals surface area contributed by atoms with E-state index in [1.807, 2.05) is 18.2 Å². The fraction of sp³-hybridized carbons (Fsp3) is 0.421. The van der Waals surface area contributed by atoms with Crippen LogP contribution in [0.4, 0.5) is 5.95 Å². The first-order chi connectivity index (χ1) is 12.8. The molecule has 2 aliphatic heterocycles. The van der Waals surface area contributed by atoms with Crippen LogP contribution in [-0.4, -0.2) is 60.2 Å². The number of nitrogens with zero attached hydrogens (tertiary/aromatic N) is 5. The van der Waals surface area contributed by atoms with Crippen LogP contribution in [0.3, 0.4) is 0 Å². The number of anilines is 1. The number of piperazine rings is 1. The predicted molar refractivity (Wildman–Crippen MR) is 102 cm³/mol. The number of benzene rings is 1. The van der Waals surface area contributed by atoms with Crippen molar-refractivity contribution in [1.82, 2.24) is 14.9 Å². The molecule has 1 aromatic heterocycles. The SMILES string of the molecule is NC(=NCC1CCOc2ccccc21)N1CCN(c2ncccn2)CC1. The minimum atomic E-state index is 0.373. The number of nitrogens with two attached hydrogens (primary N) is 1. The molecule has 3 heterocycles. The summed E-state index contributed by atoms with van der Waals surface area (Å²) in [6.45, 7) is 4.80. The van der Waals surface area contributed by atoms with E-state index in [2.05, 4.69) is 36.9 Å². The molecule has 0 radical (unpaired) electrons. The summed E-state index contributed by atoms with van der Waals surface area (Å²) in [7, 11) is 0. The zero-order valence-corrected chi connectivity index (χ0v) is 14.8. The molecule has 7 heteroatoms. The van der Waals surface area contributed by atoms with Gasteiger partial charge in [0.15, 0.2) is 5.96 Å². The molecule has 26 heavy (non-hydrogen) atoms. The third-order valence-electron chi connectivity index (χ3n) is 5.00. The van der Waals surface area contributed by atoms with Gasteiger partial charge in [-0.15, -0.1) is 0 Å². The minimum Gasteiger partial charge on any atom is -0.493 e. The fourth-order valence-corrected chi connectivity index (χ4v) is 3.50. The molecule has 2 aromatic rings. The van der Waals surface area contributed by atoms with Crippen LogP contribution >= 0.6 is 0 Å². The Labute approximate surface area is 153 Å². The Balaban J connectivity index is 1.35. The van der Waals surface area contributed by atoms with Crippen molar-refractivity contribution < 1.29 is 4.74 Å². The lowest BCUT2D eigenvalue weighted by atomic mass is 9.93. The standard InChI is InChI=1S/C19H24N6O/c20-18(23-14-15-6-13-26-17-5-2-1-4-16(15)17)24-9-11-25(12-10-24)19-21-7-3-8-22-19/h1-5,7-8,15H,6,9-14H2,(H2,20,23). The van der Waals surface area contributed by atoms with Crippen LogP contribution in [0.15, 0.2) is 47.7 Å². The van der Waals surface area contributed by atoms with Gasteiger partial charge in [0, 0.05) is 51.0 Å². The number of aromatic nitrogens is 2.